The first-order valence-corrected chi connectivity index (χ1v) is 7.48. The lowest BCUT2D eigenvalue weighted by atomic mass is 9.84. The van der Waals surface area contributed by atoms with Gasteiger partial charge in [0.15, 0.2) is 0 Å². The third kappa shape index (κ3) is 2.87. The summed E-state index contributed by atoms with van der Waals surface area (Å²) in [7, 11) is 1.89. The Balaban J connectivity index is 1.75. The zero-order valence-electron chi connectivity index (χ0n) is 12.3. The van der Waals surface area contributed by atoms with Crippen molar-refractivity contribution in [3.8, 4) is 0 Å². The van der Waals surface area contributed by atoms with E-state index in [4.69, 9.17) is 0 Å². The lowest BCUT2D eigenvalue weighted by Gasteiger charge is -2.29. The SMILES string of the molecule is CC(NCC(=O)N(C)C(C)C)C1CC2CCC1C2. The normalized spacial score (nSPS) is 31.9. The molecule has 104 valence electrons. The lowest BCUT2D eigenvalue weighted by Crippen LogP contribution is -2.44. The van der Waals surface area contributed by atoms with E-state index in [0.29, 0.717) is 12.6 Å². The highest BCUT2D eigenvalue weighted by Crippen LogP contribution is 2.49. The van der Waals surface area contributed by atoms with Crippen molar-refractivity contribution in [2.75, 3.05) is 13.6 Å². The first-order chi connectivity index (χ1) is 8.49. The van der Waals surface area contributed by atoms with Crippen LogP contribution in [0.15, 0.2) is 0 Å². The fraction of sp³-hybridized carbons (Fsp3) is 0.933. The Kier molecular flexibility index (Phi) is 4.31. The number of fused-ring (bicyclic) bond motifs is 2. The molecule has 0 aromatic carbocycles. The van der Waals surface area contributed by atoms with Gasteiger partial charge in [0.25, 0.3) is 0 Å². The summed E-state index contributed by atoms with van der Waals surface area (Å²) in [5, 5.41) is 3.45. The number of nitrogens with one attached hydrogen (secondary N) is 1. The number of hydrogen-bond donors (Lipinski definition) is 1. The van der Waals surface area contributed by atoms with E-state index in [9.17, 15) is 4.79 Å². The van der Waals surface area contributed by atoms with Gasteiger partial charge in [-0.25, -0.2) is 0 Å². The maximum absolute atomic E-state index is 11.9. The van der Waals surface area contributed by atoms with E-state index < -0.39 is 0 Å². The molecule has 0 heterocycles. The Morgan fingerprint density at radius 3 is 2.50 bits per heavy atom. The van der Waals surface area contributed by atoms with Crippen molar-refractivity contribution < 1.29 is 4.79 Å². The van der Waals surface area contributed by atoms with Crippen LogP contribution in [-0.2, 0) is 4.79 Å². The Bertz CT molecular complexity index is 303. The number of amides is 1. The summed E-state index contributed by atoms with van der Waals surface area (Å²) in [6.07, 6.45) is 5.69. The Hall–Kier alpha value is -0.570. The van der Waals surface area contributed by atoms with Crippen molar-refractivity contribution in [2.45, 2.75) is 58.5 Å². The van der Waals surface area contributed by atoms with E-state index in [1.165, 1.54) is 25.7 Å². The molecule has 0 aromatic heterocycles. The molecule has 1 amide bonds. The van der Waals surface area contributed by atoms with Crippen LogP contribution >= 0.6 is 0 Å². The molecule has 2 rings (SSSR count). The molecule has 3 heteroatoms. The summed E-state index contributed by atoms with van der Waals surface area (Å²) in [5.41, 5.74) is 0. The van der Waals surface area contributed by atoms with Crippen LogP contribution in [0.3, 0.4) is 0 Å². The van der Waals surface area contributed by atoms with Crippen LogP contribution in [0.25, 0.3) is 0 Å². The molecule has 2 aliphatic rings. The molecule has 2 bridgehead atoms. The van der Waals surface area contributed by atoms with Crippen LogP contribution in [0.5, 0.6) is 0 Å². The quantitative estimate of drug-likeness (QED) is 0.814. The van der Waals surface area contributed by atoms with Crippen molar-refractivity contribution in [2.24, 2.45) is 17.8 Å². The van der Waals surface area contributed by atoms with Gasteiger partial charge in [0.2, 0.25) is 5.91 Å². The van der Waals surface area contributed by atoms with Crippen molar-refractivity contribution in [1.82, 2.24) is 10.2 Å². The van der Waals surface area contributed by atoms with Crippen LogP contribution < -0.4 is 5.32 Å². The Labute approximate surface area is 111 Å². The maximum Gasteiger partial charge on any atom is 0.236 e. The topological polar surface area (TPSA) is 32.3 Å². The zero-order chi connectivity index (χ0) is 13.3. The van der Waals surface area contributed by atoms with E-state index in [0.717, 1.165) is 17.8 Å². The van der Waals surface area contributed by atoms with Gasteiger partial charge in [-0.2, -0.15) is 0 Å². The van der Waals surface area contributed by atoms with E-state index in [1.807, 2.05) is 11.9 Å². The second-order valence-electron chi connectivity index (χ2n) is 6.61. The van der Waals surface area contributed by atoms with Crippen molar-refractivity contribution in [3.05, 3.63) is 0 Å². The third-order valence-electron chi connectivity index (χ3n) is 5.18. The van der Waals surface area contributed by atoms with Crippen LogP contribution in [0.1, 0.15) is 46.5 Å². The molecular weight excluding hydrogens is 224 g/mol. The second-order valence-corrected chi connectivity index (χ2v) is 6.61. The molecule has 18 heavy (non-hydrogen) atoms. The van der Waals surface area contributed by atoms with Crippen molar-refractivity contribution >= 4 is 5.91 Å². The number of nitrogens with zero attached hydrogens (tertiary/aromatic N) is 1. The highest BCUT2D eigenvalue weighted by Gasteiger charge is 2.41. The van der Waals surface area contributed by atoms with Crippen LogP contribution in [-0.4, -0.2) is 36.5 Å². The summed E-state index contributed by atoms with van der Waals surface area (Å²) in [6, 6.07) is 0.780. The van der Waals surface area contributed by atoms with Crippen molar-refractivity contribution in [1.29, 1.82) is 0 Å². The standard InChI is InChI=1S/C15H28N2O/c1-10(2)17(4)15(18)9-16-11(3)14-8-12-5-6-13(14)7-12/h10-14,16H,5-9H2,1-4H3. The monoisotopic (exact) mass is 252 g/mol. The van der Waals surface area contributed by atoms with Gasteiger partial charge in [0.1, 0.15) is 0 Å². The van der Waals surface area contributed by atoms with E-state index in [2.05, 4.69) is 26.1 Å². The molecular formula is C15H28N2O. The Morgan fingerprint density at radius 1 is 1.28 bits per heavy atom. The maximum atomic E-state index is 11.9. The number of carbonyl (C=O) groups excluding carboxylic acids is 1. The molecule has 4 atom stereocenters. The van der Waals surface area contributed by atoms with Crippen molar-refractivity contribution in [3.63, 3.8) is 0 Å². The van der Waals surface area contributed by atoms with E-state index >= 15 is 0 Å². The highest BCUT2D eigenvalue weighted by atomic mass is 16.2. The summed E-state index contributed by atoms with van der Waals surface area (Å²) >= 11 is 0. The summed E-state index contributed by atoms with van der Waals surface area (Å²) < 4.78 is 0. The molecule has 0 aliphatic heterocycles. The summed E-state index contributed by atoms with van der Waals surface area (Å²) in [4.78, 5) is 13.7. The van der Waals surface area contributed by atoms with Gasteiger partial charge in [-0.3, -0.25) is 4.79 Å². The lowest BCUT2D eigenvalue weighted by molar-refractivity contribution is -0.130. The van der Waals surface area contributed by atoms with Gasteiger partial charge in [-0.05, 0) is 57.8 Å². The van der Waals surface area contributed by atoms with Gasteiger partial charge >= 0.3 is 0 Å². The van der Waals surface area contributed by atoms with Crippen LogP contribution in [0.2, 0.25) is 0 Å². The second kappa shape index (κ2) is 5.60. The molecule has 0 aromatic rings. The van der Waals surface area contributed by atoms with Gasteiger partial charge in [0, 0.05) is 19.1 Å². The van der Waals surface area contributed by atoms with Crippen LogP contribution in [0, 0.1) is 17.8 Å². The van der Waals surface area contributed by atoms with Gasteiger partial charge in [0.05, 0.1) is 6.54 Å². The molecule has 2 fully saturated rings. The smallest absolute Gasteiger partial charge is 0.236 e. The fourth-order valence-corrected chi connectivity index (χ4v) is 3.72. The zero-order valence-corrected chi connectivity index (χ0v) is 12.3. The molecule has 2 aliphatic carbocycles. The minimum atomic E-state index is 0.208. The van der Waals surface area contributed by atoms with Gasteiger partial charge < -0.3 is 10.2 Å². The molecule has 3 nitrogen and oxygen atoms in total. The molecule has 4 unspecified atom stereocenters. The molecule has 0 radical (unpaired) electrons. The highest BCUT2D eigenvalue weighted by molar-refractivity contribution is 5.78. The molecule has 0 saturated heterocycles. The minimum absolute atomic E-state index is 0.208. The number of carbonyl (C=O) groups is 1. The fourth-order valence-electron chi connectivity index (χ4n) is 3.72. The number of likely N-dealkylation sites (N-methyl/N-ethyl adjacent to an activating group) is 1. The largest absolute Gasteiger partial charge is 0.342 e. The summed E-state index contributed by atoms with van der Waals surface area (Å²) in [6.45, 7) is 6.85. The predicted molar refractivity (Wildman–Crippen MR) is 74.3 cm³/mol. The Morgan fingerprint density at radius 2 is 2.00 bits per heavy atom. The summed E-state index contributed by atoms with van der Waals surface area (Å²) in [5.74, 6) is 2.93. The average molecular weight is 252 g/mol. The number of hydrogen-bond acceptors (Lipinski definition) is 2. The van der Waals surface area contributed by atoms with E-state index in [-0.39, 0.29) is 11.9 Å². The first kappa shape index (κ1) is 13.9. The van der Waals surface area contributed by atoms with E-state index in [1.54, 1.807) is 0 Å². The minimum Gasteiger partial charge on any atom is -0.342 e. The third-order valence-corrected chi connectivity index (χ3v) is 5.18. The van der Waals surface area contributed by atoms with Gasteiger partial charge in [-0.1, -0.05) is 6.42 Å². The number of rotatable bonds is 5. The predicted octanol–water partition coefficient (Wildman–Crippen LogP) is 2.27. The first-order valence-electron chi connectivity index (χ1n) is 7.48. The average Bonchev–Trinajstić information content (AvgIpc) is 2.96. The molecule has 2 saturated carbocycles. The van der Waals surface area contributed by atoms with Gasteiger partial charge in [-0.15, -0.1) is 0 Å². The molecule has 1 N–H and O–H groups in total. The van der Waals surface area contributed by atoms with Crippen LogP contribution in [0.4, 0.5) is 0 Å². The molecule has 0 spiro atoms.